The van der Waals surface area contributed by atoms with Crippen molar-refractivity contribution in [2.45, 2.75) is 13.0 Å². The van der Waals surface area contributed by atoms with Crippen LogP contribution in [-0.2, 0) is 17.8 Å². The molecule has 1 N–H and O–H groups in total. The first-order valence-corrected chi connectivity index (χ1v) is 10.5. The van der Waals surface area contributed by atoms with Gasteiger partial charge in [0.1, 0.15) is 0 Å². The van der Waals surface area contributed by atoms with Crippen LogP contribution < -0.4 is 5.32 Å². The minimum absolute atomic E-state index is 0.199. The van der Waals surface area contributed by atoms with E-state index in [0.717, 1.165) is 36.3 Å². The molecule has 2 aliphatic heterocycles. The lowest BCUT2D eigenvalue weighted by Gasteiger charge is -2.20. The minimum atomic E-state index is -0.378. The zero-order valence-electron chi connectivity index (χ0n) is 16.3. The van der Waals surface area contributed by atoms with Crippen molar-refractivity contribution >= 4 is 34.5 Å². The maximum Gasteiger partial charge on any atom is 0.284 e. The van der Waals surface area contributed by atoms with Crippen LogP contribution in [0.3, 0.4) is 0 Å². The van der Waals surface area contributed by atoms with Crippen LogP contribution in [0.4, 0.5) is 5.69 Å². The third-order valence-electron chi connectivity index (χ3n) is 5.35. The number of allylic oxidation sites excluding steroid dienone is 3. The first kappa shape index (κ1) is 18.8. The van der Waals surface area contributed by atoms with E-state index in [1.807, 2.05) is 48.6 Å². The number of hydrogen-bond acceptors (Lipinski definition) is 6. The lowest BCUT2D eigenvalue weighted by molar-refractivity contribution is -0.119. The Morgan fingerprint density at radius 3 is 2.87 bits per heavy atom. The average molecular weight is 417 g/mol. The molecule has 30 heavy (non-hydrogen) atoms. The molecule has 0 spiro atoms. The van der Waals surface area contributed by atoms with E-state index < -0.39 is 0 Å². The Labute approximate surface area is 177 Å². The predicted molar refractivity (Wildman–Crippen MR) is 115 cm³/mol. The van der Waals surface area contributed by atoms with Crippen molar-refractivity contribution in [1.29, 1.82) is 0 Å². The summed E-state index contributed by atoms with van der Waals surface area (Å²) in [5, 5.41) is 11.3. The number of azo groups is 1. The normalized spacial score (nSPS) is 20.3. The lowest BCUT2D eigenvalue weighted by atomic mass is 9.89. The molecule has 1 aliphatic carbocycles. The van der Waals surface area contributed by atoms with Crippen LogP contribution in [0.25, 0.3) is 5.70 Å². The van der Waals surface area contributed by atoms with Crippen molar-refractivity contribution in [2.75, 3.05) is 18.9 Å². The Morgan fingerprint density at radius 2 is 2.03 bits per heavy atom. The van der Waals surface area contributed by atoms with Crippen molar-refractivity contribution < 1.29 is 9.59 Å². The Hall–Kier alpha value is -3.23. The van der Waals surface area contributed by atoms with Crippen LogP contribution in [0, 0.1) is 5.92 Å². The number of likely N-dealkylation sites (N-methyl/N-ethyl adjacent to an activating group) is 1. The fourth-order valence-electron chi connectivity index (χ4n) is 3.74. The zero-order chi connectivity index (χ0) is 20.7. The second-order valence-electron chi connectivity index (χ2n) is 7.47. The number of fused-ring (bicyclic) bond motifs is 2. The highest BCUT2D eigenvalue weighted by molar-refractivity contribution is 7.13. The molecular weight excluding hydrogens is 398 g/mol. The Bertz CT molecular complexity index is 1160. The van der Waals surface area contributed by atoms with Gasteiger partial charge in [-0.25, -0.2) is 4.98 Å². The predicted octanol–water partition coefficient (Wildman–Crippen LogP) is 3.83. The van der Waals surface area contributed by atoms with Gasteiger partial charge in [0.25, 0.3) is 11.8 Å². The van der Waals surface area contributed by atoms with E-state index in [-0.39, 0.29) is 17.7 Å². The third kappa shape index (κ3) is 3.44. The number of thiazole rings is 1. The molecule has 1 aromatic heterocycles. The van der Waals surface area contributed by atoms with Crippen molar-refractivity contribution in [2.24, 2.45) is 16.1 Å². The smallest absolute Gasteiger partial charge is 0.284 e. The molecule has 1 atom stereocenters. The number of carbonyl (C=O) groups is 2. The van der Waals surface area contributed by atoms with Crippen molar-refractivity contribution in [3.05, 3.63) is 75.3 Å². The summed E-state index contributed by atoms with van der Waals surface area (Å²) in [7, 11) is 2.07. The van der Waals surface area contributed by atoms with Crippen molar-refractivity contribution in [3.8, 4) is 0 Å². The second kappa shape index (κ2) is 7.55. The van der Waals surface area contributed by atoms with Gasteiger partial charge in [0, 0.05) is 35.6 Å². The number of benzene rings is 1. The highest BCUT2D eigenvalue weighted by Gasteiger charge is 2.27. The van der Waals surface area contributed by atoms with Crippen LogP contribution >= 0.6 is 11.3 Å². The molecule has 2 amide bonds. The zero-order valence-corrected chi connectivity index (χ0v) is 17.1. The molecule has 2 aromatic rings. The summed E-state index contributed by atoms with van der Waals surface area (Å²) in [6.45, 7) is 1.81. The summed E-state index contributed by atoms with van der Waals surface area (Å²) in [6, 6.07) is 7.40. The standard InChI is InChI=1S/C22H19N5O2S/c1-27-11-10-17-18(12-27)30-22(24-17)21(29)23-14-8-6-13(7-9-14)19-15-4-2-3-5-16(15)20(28)26-25-19/h2-9,16H,10-12H2,1H3,(H,23,29). The van der Waals surface area contributed by atoms with Gasteiger partial charge in [-0.2, -0.15) is 0 Å². The summed E-state index contributed by atoms with van der Waals surface area (Å²) in [6.07, 6.45) is 8.34. The molecule has 150 valence electrons. The molecule has 0 radical (unpaired) electrons. The summed E-state index contributed by atoms with van der Waals surface area (Å²) < 4.78 is 0. The summed E-state index contributed by atoms with van der Waals surface area (Å²) >= 11 is 1.46. The van der Waals surface area contributed by atoms with E-state index in [2.05, 4.69) is 32.5 Å². The Balaban J connectivity index is 1.34. The van der Waals surface area contributed by atoms with Crippen molar-refractivity contribution in [1.82, 2.24) is 9.88 Å². The van der Waals surface area contributed by atoms with E-state index in [1.54, 1.807) is 0 Å². The fourth-order valence-corrected chi connectivity index (χ4v) is 4.83. The van der Waals surface area contributed by atoms with Crippen LogP contribution in [0.1, 0.15) is 25.9 Å². The van der Waals surface area contributed by atoms with E-state index in [4.69, 9.17) is 0 Å². The molecule has 3 heterocycles. The van der Waals surface area contributed by atoms with E-state index in [0.29, 0.717) is 16.4 Å². The molecule has 7 nitrogen and oxygen atoms in total. The van der Waals surface area contributed by atoms with Crippen LogP contribution in [0.15, 0.2) is 64.4 Å². The SMILES string of the molecule is CN1CCc2nc(C(=O)Nc3ccc(C4=C5C=CC=CC5C(=O)N=N4)cc3)sc2C1. The molecule has 5 rings (SSSR count). The second-order valence-corrected chi connectivity index (χ2v) is 8.56. The van der Waals surface area contributed by atoms with Gasteiger partial charge in [0.15, 0.2) is 5.01 Å². The third-order valence-corrected chi connectivity index (χ3v) is 6.43. The Morgan fingerprint density at radius 1 is 1.20 bits per heavy atom. The number of aromatic nitrogens is 1. The van der Waals surface area contributed by atoms with Gasteiger partial charge in [-0.1, -0.05) is 36.4 Å². The molecule has 0 saturated heterocycles. The molecule has 0 bridgehead atoms. The van der Waals surface area contributed by atoms with Gasteiger partial charge in [-0.3, -0.25) is 9.59 Å². The maximum atomic E-state index is 12.7. The first-order chi connectivity index (χ1) is 14.6. The lowest BCUT2D eigenvalue weighted by Crippen LogP contribution is -2.25. The minimum Gasteiger partial charge on any atom is -0.320 e. The molecule has 8 heteroatoms. The van der Waals surface area contributed by atoms with E-state index >= 15 is 0 Å². The summed E-state index contributed by atoms with van der Waals surface area (Å²) in [4.78, 5) is 32.5. The van der Waals surface area contributed by atoms with Gasteiger partial charge in [0.2, 0.25) is 0 Å². The first-order valence-electron chi connectivity index (χ1n) is 9.72. The molecule has 0 saturated carbocycles. The monoisotopic (exact) mass is 417 g/mol. The number of amides is 2. The van der Waals surface area contributed by atoms with Gasteiger partial charge in [-0.15, -0.1) is 21.6 Å². The molecule has 1 aromatic carbocycles. The van der Waals surface area contributed by atoms with Gasteiger partial charge >= 0.3 is 0 Å². The number of hydrogen-bond donors (Lipinski definition) is 1. The van der Waals surface area contributed by atoms with Gasteiger partial charge in [0.05, 0.1) is 17.3 Å². The average Bonchev–Trinajstić information content (AvgIpc) is 3.18. The highest BCUT2D eigenvalue weighted by atomic mass is 32.1. The van der Waals surface area contributed by atoms with Crippen LogP contribution in [0.2, 0.25) is 0 Å². The number of carbonyl (C=O) groups excluding carboxylic acids is 2. The topological polar surface area (TPSA) is 87.0 Å². The largest absolute Gasteiger partial charge is 0.320 e. The van der Waals surface area contributed by atoms with Crippen LogP contribution in [-0.4, -0.2) is 35.3 Å². The van der Waals surface area contributed by atoms with E-state index in [1.165, 1.54) is 16.2 Å². The quantitative estimate of drug-likeness (QED) is 0.822. The number of anilines is 1. The highest BCUT2D eigenvalue weighted by Crippen LogP contribution is 2.34. The van der Waals surface area contributed by atoms with Gasteiger partial charge < -0.3 is 10.2 Å². The van der Waals surface area contributed by atoms with Crippen LogP contribution in [0.5, 0.6) is 0 Å². The Kier molecular flexibility index (Phi) is 4.72. The number of rotatable bonds is 3. The number of nitrogens with one attached hydrogen (secondary N) is 1. The summed E-state index contributed by atoms with van der Waals surface area (Å²) in [5.74, 6) is -0.831. The molecular formula is C22H19N5O2S. The van der Waals surface area contributed by atoms with Gasteiger partial charge in [-0.05, 0) is 24.8 Å². The molecule has 0 fully saturated rings. The summed E-state index contributed by atoms with van der Waals surface area (Å²) in [5.41, 5.74) is 4.08. The molecule has 3 aliphatic rings. The fraction of sp³-hybridized carbons (Fsp3) is 0.227. The van der Waals surface area contributed by atoms with E-state index in [9.17, 15) is 9.59 Å². The van der Waals surface area contributed by atoms with Crippen molar-refractivity contribution in [3.63, 3.8) is 0 Å². The maximum absolute atomic E-state index is 12.7. The molecule has 1 unspecified atom stereocenters. The number of nitrogens with zero attached hydrogens (tertiary/aromatic N) is 4.